The van der Waals surface area contributed by atoms with Gasteiger partial charge in [0.25, 0.3) is 0 Å². The fourth-order valence-corrected chi connectivity index (χ4v) is 2.76. The normalized spacial score (nSPS) is 14.0. The Morgan fingerprint density at radius 3 is 2.05 bits per heavy atom. The van der Waals surface area contributed by atoms with Crippen molar-refractivity contribution < 1.29 is 0 Å². The molecule has 0 N–H and O–H groups in total. The molecule has 0 radical (unpaired) electrons. The monoisotopic (exact) mass is 295 g/mol. The van der Waals surface area contributed by atoms with Gasteiger partial charge in [-0.15, -0.1) is 0 Å². The van der Waals surface area contributed by atoms with Gasteiger partial charge in [-0.2, -0.15) is 0 Å². The maximum Gasteiger partial charge on any atom is 0.0323 e. The summed E-state index contributed by atoms with van der Waals surface area (Å²) >= 11 is 0. The molecule has 0 heterocycles. The molecule has 0 bridgehead atoms. The summed E-state index contributed by atoms with van der Waals surface area (Å²) in [5, 5.41) is 0. The Labute approximate surface area is 136 Å². The van der Waals surface area contributed by atoms with Crippen LogP contribution in [0.1, 0.15) is 50.8 Å². The Bertz CT molecular complexity index is 520. The minimum Gasteiger partial charge on any atom is -0.292 e. The van der Waals surface area contributed by atoms with E-state index >= 15 is 0 Å². The summed E-state index contributed by atoms with van der Waals surface area (Å²) in [5.74, 6) is 0.793. The first-order valence-corrected chi connectivity index (χ1v) is 8.53. The molecule has 0 spiro atoms. The van der Waals surface area contributed by atoms with Gasteiger partial charge in [-0.3, -0.25) is 4.90 Å². The molecule has 0 amide bonds. The maximum absolute atomic E-state index is 2.61. The van der Waals surface area contributed by atoms with Gasteiger partial charge in [0.05, 0.1) is 0 Å². The lowest BCUT2D eigenvalue weighted by Gasteiger charge is -2.30. The summed E-state index contributed by atoms with van der Waals surface area (Å²) in [6.07, 6.45) is 2.53. The van der Waals surface area contributed by atoms with Crippen molar-refractivity contribution in [3.05, 3.63) is 71.8 Å². The molecule has 0 unspecified atom stereocenters. The molecule has 2 atom stereocenters. The van der Waals surface area contributed by atoms with Gasteiger partial charge in [0.1, 0.15) is 0 Å². The van der Waals surface area contributed by atoms with Gasteiger partial charge in [-0.05, 0) is 36.9 Å². The summed E-state index contributed by atoms with van der Waals surface area (Å²) in [7, 11) is 0. The number of hydrogen-bond donors (Lipinski definition) is 0. The van der Waals surface area contributed by atoms with Crippen molar-refractivity contribution in [2.45, 2.75) is 46.2 Å². The van der Waals surface area contributed by atoms with E-state index in [1.54, 1.807) is 0 Å². The molecule has 22 heavy (non-hydrogen) atoms. The van der Waals surface area contributed by atoms with E-state index in [4.69, 9.17) is 0 Å². The van der Waals surface area contributed by atoms with Crippen LogP contribution in [-0.2, 0) is 6.54 Å². The van der Waals surface area contributed by atoms with E-state index in [1.165, 1.54) is 24.0 Å². The molecule has 0 aromatic heterocycles. The van der Waals surface area contributed by atoms with Crippen LogP contribution in [0.5, 0.6) is 0 Å². The third kappa shape index (κ3) is 4.99. The van der Waals surface area contributed by atoms with E-state index in [1.807, 2.05) is 0 Å². The van der Waals surface area contributed by atoms with Crippen LogP contribution in [-0.4, -0.2) is 11.4 Å². The van der Waals surface area contributed by atoms with Crippen LogP contribution in [0.3, 0.4) is 0 Å². The van der Waals surface area contributed by atoms with Crippen molar-refractivity contribution in [3.8, 4) is 0 Å². The minimum atomic E-state index is 0.450. The molecular formula is C21H29N. The molecule has 2 aromatic rings. The number of hydrogen-bond acceptors (Lipinski definition) is 1. The van der Waals surface area contributed by atoms with Crippen LogP contribution in [0.4, 0.5) is 0 Å². The highest BCUT2D eigenvalue weighted by atomic mass is 15.1. The second-order valence-corrected chi connectivity index (χ2v) is 6.34. The Kier molecular flexibility index (Phi) is 6.67. The summed E-state index contributed by atoms with van der Waals surface area (Å²) in [4.78, 5) is 2.61. The van der Waals surface area contributed by atoms with E-state index in [2.05, 4.69) is 86.3 Å². The molecule has 0 saturated carbocycles. The lowest BCUT2D eigenvalue weighted by molar-refractivity contribution is 0.187. The van der Waals surface area contributed by atoms with Crippen molar-refractivity contribution in [1.29, 1.82) is 0 Å². The quantitative estimate of drug-likeness (QED) is 0.605. The van der Waals surface area contributed by atoms with Crippen LogP contribution in [0.25, 0.3) is 0 Å². The van der Waals surface area contributed by atoms with Gasteiger partial charge in [0, 0.05) is 12.6 Å². The molecule has 2 aromatic carbocycles. The SMILES string of the molecule is CC[C@@H](C)CCN(Cc1ccccc1)[C@H](C)c1ccccc1. The molecule has 0 aliphatic rings. The standard InChI is InChI=1S/C21H29N/c1-4-18(2)15-16-22(17-20-11-7-5-8-12-20)19(3)21-13-9-6-10-14-21/h5-14,18-19H,4,15-17H2,1-3H3/t18-,19-/m1/s1. The minimum absolute atomic E-state index is 0.450. The lowest BCUT2D eigenvalue weighted by Crippen LogP contribution is -2.28. The third-order valence-electron chi connectivity index (χ3n) is 4.66. The fraction of sp³-hybridized carbons (Fsp3) is 0.429. The van der Waals surface area contributed by atoms with E-state index in [0.29, 0.717) is 6.04 Å². The average molecular weight is 295 g/mol. The molecule has 1 heteroatoms. The Morgan fingerprint density at radius 2 is 1.45 bits per heavy atom. The molecule has 2 rings (SSSR count). The number of nitrogens with zero attached hydrogens (tertiary/aromatic N) is 1. The van der Waals surface area contributed by atoms with Crippen LogP contribution in [0, 0.1) is 5.92 Å². The van der Waals surface area contributed by atoms with Crippen molar-refractivity contribution in [1.82, 2.24) is 4.90 Å². The molecule has 0 saturated heterocycles. The molecule has 0 fully saturated rings. The zero-order chi connectivity index (χ0) is 15.8. The second kappa shape index (κ2) is 8.75. The molecule has 118 valence electrons. The fourth-order valence-electron chi connectivity index (χ4n) is 2.76. The molecular weight excluding hydrogens is 266 g/mol. The molecule has 1 nitrogen and oxygen atoms in total. The largest absolute Gasteiger partial charge is 0.292 e. The Hall–Kier alpha value is -1.60. The summed E-state index contributed by atoms with van der Waals surface area (Å²) < 4.78 is 0. The zero-order valence-electron chi connectivity index (χ0n) is 14.2. The number of benzene rings is 2. The first-order valence-electron chi connectivity index (χ1n) is 8.53. The van der Waals surface area contributed by atoms with Gasteiger partial charge in [-0.25, -0.2) is 0 Å². The van der Waals surface area contributed by atoms with Crippen LogP contribution >= 0.6 is 0 Å². The summed E-state index contributed by atoms with van der Waals surface area (Å²) in [6.45, 7) is 9.14. The highest BCUT2D eigenvalue weighted by molar-refractivity contribution is 5.20. The number of rotatable bonds is 8. The predicted molar refractivity (Wildman–Crippen MR) is 95.8 cm³/mol. The third-order valence-corrected chi connectivity index (χ3v) is 4.66. The Balaban J connectivity index is 2.10. The van der Waals surface area contributed by atoms with Crippen LogP contribution in [0.2, 0.25) is 0 Å². The van der Waals surface area contributed by atoms with Crippen molar-refractivity contribution in [3.63, 3.8) is 0 Å². The highest BCUT2D eigenvalue weighted by Gasteiger charge is 2.16. The lowest BCUT2D eigenvalue weighted by atomic mass is 10.0. The van der Waals surface area contributed by atoms with E-state index in [-0.39, 0.29) is 0 Å². The maximum atomic E-state index is 2.61. The van der Waals surface area contributed by atoms with Crippen molar-refractivity contribution >= 4 is 0 Å². The van der Waals surface area contributed by atoms with E-state index < -0.39 is 0 Å². The second-order valence-electron chi connectivity index (χ2n) is 6.34. The van der Waals surface area contributed by atoms with E-state index in [9.17, 15) is 0 Å². The summed E-state index contributed by atoms with van der Waals surface area (Å²) in [5.41, 5.74) is 2.80. The van der Waals surface area contributed by atoms with Gasteiger partial charge < -0.3 is 0 Å². The molecule has 0 aliphatic heterocycles. The predicted octanol–water partition coefficient (Wildman–Crippen LogP) is 5.69. The van der Waals surface area contributed by atoms with Gasteiger partial charge in [0.15, 0.2) is 0 Å². The highest BCUT2D eigenvalue weighted by Crippen LogP contribution is 2.23. The Morgan fingerprint density at radius 1 is 0.864 bits per heavy atom. The van der Waals surface area contributed by atoms with Gasteiger partial charge >= 0.3 is 0 Å². The van der Waals surface area contributed by atoms with Gasteiger partial charge in [-0.1, -0.05) is 80.9 Å². The topological polar surface area (TPSA) is 3.24 Å². The first-order chi connectivity index (χ1) is 10.7. The van der Waals surface area contributed by atoms with Crippen LogP contribution in [0.15, 0.2) is 60.7 Å². The van der Waals surface area contributed by atoms with Crippen molar-refractivity contribution in [2.24, 2.45) is 5.92 Å². The van der Waals surface area contributed by atoms with Crippen molar-refractivity contribution in [2.75, 3.05) is 6.54 Å². The average Bonchev–Trinajstić information content (AvgIpc) is 2.59. The smallest absolute Gasteiger partial charge is 0.0323 e. The van der Waals surface area contributed by atoms with Crippen LogP contribution < -0.4 is 0 Å². The van der Waals surface area contributed by atoms with E-state index in [0.717, 1.165) is 19.0 Å². The first kappa shape index (κ1) is 16.8. The summed E-state index contributed by atoms with van der Waals surface area (Å²) in [6, 6.07) is 22.1. The molecule has 0 aliphatic carbocycles. The zero-order valence-corrected chi connectivity index (χ0v) is 14.2. The van der Waals surface area contributed by atoms with Gasteiger partial charge in [0.2, 0.25) is 0 Å².